The number of hydrogen-bond acceptors (Lipinski definition) is 2. The molecule has 0 bridgehead atoms. The zero-order chi connectivity index (χ0) is 8.39. The molecule has 12 heavy (non-hydrogen) atoms. The van der Waals surface area contributed by atoms with Gasteiger partial charge < -0.3 is 5.32 Å². The fourth-order valence-corrected chi connectivity index (χ4v) is 2.64. The lowest BCUT2D eigenvalue weighted by molar-refractivity contribution is 0.732. The second kappa shape index (κ2) is 3.69. The molecule has 3 heteroatoms. The predicted octanol–water partition coefficient (Wildman–Crippen LogP) is 2.54. The highest BCUT2D eigenvalue weighted by Crippen LogP contribution is 2.31. The first-order valence-corrected chi connectivity index (χ1v) is 5.35. The van der Waals surface area contributed by atoms with Gasteiger partial charge in [-0.1, -0.05) is 23.7 Å². The Hall–Kier alpha value is -0.180. The van der Waals surface area contributed by atoms with Crippen LogP contribution in [0.25, 0.3) is 0 Å². The van der Waals surface area contributed by atoms with Crippen molar-refractivity contribution in [2.45, 2.75) is 11.4 Å². The van der Waals surface area contributed by atoms with Crippen LogP contribution in [0.2, 0.25) is 5.02 Å². The van der Waals surface area contributed by atoms with Crippen LogP contribution >= 0.6 is 23.4 Å². The molecule has 0 radical (unpaired) electrons. The lowest BCUT2D eigenvalue weighted by Gasteiger charge is -2.05. The Labute approximate surface area is 81.5 Å². The molecule has 0 saturated carbocycles. The molecule has 0 fully saturated rings. The van der Waals surface area contributed by atoms with E-state index in [9.17, 15) is 0 Å². The second-order valence-corrected chi connectivity index (χ2v) is 4.27. The fraction of sp³-hybridized carbons (Fsp3) is 0.333. The van der Waals surface area contributed by atoms with E-state index in [1.54, 1.807) is 0 Å². The Balaban J connectivity index is 2.42. The summed E-state index contributed by atoms with van der Waals surface area (Å²) in [5.74, 6) is 1.11. The quantitative estimate of drug-likeness (QED) is 0.689. The van der Waals surface area contributed by atoms with Crippen molar-refractivity contribution in [2.75, 3.05) is 12.3 Å². The lowest BCUT2D eigenvalue weighted by Crippen LogP contribution is -2.13. The van der Waals surface area contributed by atoms with E-state index in [0.717, 1.165) is 23.9 Å². The van der Waals surface area contributed by atoms with Crippen LogP contribution in [-0.2, 0) is 6.54 Å². The molecule has 0 unspecified atom stereocenters. The van der Waals surface area contributed by atoms with Crippen molar-refractivity contribution in [3.05, 3.63) is 28.8 Å². The predicted molar refractivity (Wildman–Crippen MR) is 53.9 cm³/mol. The minimum absolute atomic E-state index is 0.890. The smallest absolute Gasteiger partial charge is 0.0545 e. The van der Waals surface area contributed by atoms with Gasteiger partial charge in [-0.2, -0.15) is 0 Å². The van der Waals surface area contributed by atoms with E-state index in [4.69, 9.17) is 11.6 Å². The number of nitrogens with one attached hydrogen (secondary N) is 1. The SMILES string of the molecule is Clc1cccc2c1SCCNC2. The van der Waals surface area contributed by atoms with Gasteiger partial charge in [0.2, 0.25) is 0 Å². The van der Waals surface area contributed by atoms with Gasteiger partial charge in [-0.15, -0.1) is 11.8 Å². The van der Waals surface area contributed by atoms with Crippen LogP contribution in [0.4, 0.5) is 0 Å². The van der Waals surface area contributed by atoms with Gasteiger partial charge in [0.1, 0.15) is 0 Å². The summed E-state index contributed by atoms with van der Waals surface area (Å²) in [6.45, 7) is 2.01. The second-order valence-electron chi connectivity index (χ2n) is 2.75. The van der Waals surface area contributed by atoms with E-state index in [1.807, 2.05) is 23.9 Å². The maximum atomic E-state index is 6.07. The molecule has 1 aliphatic heterocycles. The molecule has 1 heterocycles. The van der Waals surface area contributed by atoms with E-state index in [0.29, 0.717) is 0 Å². The van der Waals surface area contributed by atoms with Crippen LogP contribution in [0.3, 0.4) is 0 Å². The standard InChI is InChI=1S/C9H10ClNS/c10-8-3-1-2-7-6-11-4-5-12-9(7)8/h1-3,11H,4-6H2. The highest BCUT2D eigenvalue weighted by Gasteiger charge is 2.09. The first-order chi connectivity index (χ1) is 5.88. The summed E-state index contributed by atoms with van der Waals surface area (Å²) in [5, 5.41) is 4.24. The summed E-state index contributed by atoms with van der Waals surface area (Å²) in [7, 11) is 0. The van der Waals surface area contributed by atoms with Gasteiger partial charge in [0, 0.05) is 23.7 Å². The molecular weight excluding hydrogens is 190 g/mol. The van der Waals surface area contributed by atoms with Gasteiger partial charge in [0.25, 0.3) is 0 Å². The van der Waals surface area contributed by atoms with Gasteiger partial charge in [-0.3, -0.25) is 0 Å². The van der Waals surface area contributed by atoms with Crippen molar-refractivity contribution >= 4 is 23.4 Å². The maximum absolute atomic E-state index is 6.07. The third-order valence-electron chi connectivity index (χ3n) is 1.89. The van der Waals surface area contributed by atoms with Gasteiger partial charge in [0.05, 0.1) is 5.02 Å². The largest absolute Gasteiger partial charge is 0.312 e. The minimum Gasteiger partial charge on any atom is -0.312 e. The third-order valence-corrected chi connectivity index (χ3v) is 3.50. The average Bonchev–Trinajstić information content (AvgIpc) is 2.30. The maximum Gasteiger partial charge on any atom is 0.0545 e. The van der Waals surface area contributed by atoms with Crippen molar-refractivity contribution in [3.63, 3.8) is 0 Å². The van der Waals surface area contributed by atoms with Crippen LogP contribution in [0.15, 0.2) is 23.1 Å². The molecule has 1 aromatic rings. The Kier molecular flexibility index (Phi) is 2.59. The van der Waals surface area contributed by atoms with Crippen molar-refractivity contribution in [1.82, 2.24) is 5.32 Å². The van der Waals surface area contributed by atoms with E-state index in [-0.39, 0.29) is 0 Å². The number of hydrogen-bond donors (Lipinski definition) is 1. The van der Waals surface area contributed by atoms with Crippen LogP contribution in [0, 0.1) is 0 Å². The molecule has 0 aliphatic carbocycles. The van der Waals surface area contributed by atoms with Gasteiger partial charge in [-0.05, 0) is 11.6 Å². The Morgan fingerprint density at radius 2 is 2.33 bits per heavy atom. The lowest BCUT2D eigenvalue weighted by atomic mass is 10.2. The monoisotopic (exact) mass is 199 g/mol. The third kappa shape index (κ3) is 1.60. The zero-order valence-electron chi connectivity index (χ0n) is 6.64. The molecule has 0 saturated heterocycles. The van der Waals surface area contributed by atoms with Gasteiger partial charge >= 0.3 is 0 Å². The molecule has 0 amide bonds. The van der Waals surface area contributed by atoms with Gasteiger partial charge in [0.15, 0.2) is 0 Å². The van der Waals surface area contributed by atoms with E-state index in [2.05, 4.69) is 11.4 Å². The summed E-state index contributed by atoms with van der Waals surface area (Å²) in [6, 6.07) is 6.10. The van der Waals surface area contributed by atoms with Crippen LogP contribution < -0.4 is 5.32 Å². The van der Waals surface area contributed by atoms with Crippen molar-refractivity contribution in [1.29, 1.82) is 0 Å². The Morgan fingerprint density at radius 1 is 1.42 bits per heavy atom. The zero-order valence-corrected chi connectivity index (χ0v) is 8.21. The van der Waals surface area contributed by atoms with Crippen LogP contribution in [0.1, 0.15) is 5.56 Å². The fourth-order valence-electron chi connectivity index (χ4n) is 1.30. The van der Waals surface area contributed by atoms with Crippen LogP contribution in [0.5, 0.6) is 0 Å². The molecule has 1 aromatic carbocycles. The van der Waals surface area contributed by atoms with E-state index >= 15 is 0 Å². The number of benzene rings is 1. The summed E-state index contributed by atoms with van der Waals surface area (Å²) in [6.07, 6.45) is 0. The molecule has 0 aromatic heterocycles. The first kappa shape index (κ1) is 8.42. The van der Waals surface area contributed by atoms with Crippen LogP contribution in [-0.4, -0.2) is 12.3 Å². The number of halogens is 1. The summed E-state index contributed by atoms with van der Waals surface area (Å²) >= 11 is 7.91. The normalized spacial score (nSPS) is 16.8. The molecule has 64 valence electrons. The van der Waals surface area contributed by atoms with Gasteiger partial charge in [-0.25, -0.2) is 0 Å². The summed E-state index contributed by atoms with van der Waals surface area (Å²) in [4.78, 5) is 1.25. The van der Waals surface area contributed by atoms with Crippen molar-refractivity contribution < 1.29 is 0 Å². The van der Waals surface area contributed by atoms with E-state index in [1.165, 1.54) is 10.5 Å². The minimum atomic E-state index is 0.890. The average molecular weight is 200 g/mol. The topological polar surface area (TPSA) is 12.0 Å². The summed E-state index contributed by atoms with van der Waals surface area (Å²) < 4.78 is 0. The first-order valence-electron chi connectivity index (χ1n) is 3.99. The number of fused-ring (bicyclic) bond motifs is 1. The highest BCUT2D eigenvalue weighted by atomic mass is 35.5. The molecule has 0 spiro atoms. The Morgan fingerprint density at radius 3 is 3.25 bits per heavy atom. The highest BCUT2D eigenvalue weighted by molar-refractivity contribution is 7.99. The molecule has 1 nitrogen and oxygen atoms in total. The van der Waals surface area contributed by atoms with Crippen molar-refractivity contribution in [3.8, 4) is 0 Å². The number of thioether (sulfide) groups is 1. The molecule has 2 rings (SSSR count). The van der Waals surface area contributed by atoms with Crippen molar-refractivity contribution in [2.24, 2.45) is 0 Å². The number of rotatable bonds is 0. The summed E-state index contributed by atoms with van der Waals surface area (Å²) in [5.41, 5.74) is 1.32. The van der Waals surface area contributed by atoms with E-state index < -0.39 is 0 Å². The molecule has 1 aliphatic rings. The molecular formula is C9H10ClNS. The Bertz CT molecular complexity index is 288. The molecule has 1 N–H and O–H groups in total. The molecule has 0 atom stereocenters.